The number of carbonyl (C=O) groups is 1. The van der Waals surface area contributed by atoms with Gasteiger partial charge in [0.15, 0.2) is 0 Å². The SMILES string of the molecule is Cc1cc(F)ccc1S(=O)(=O)Nc1ccc(N2CCOC2=O)cc1. The first kappa shape index (κ1) is 16.3. The molecule has 0 radical (unpaired) electrons. The van der Waals surface area contributed by atoms with Crippen LogP contribution in [0.2, 0.25) is 0 Å². The van der Waals surface area contributed by atoms with E-state index in [4.69, 9.17) is 4.74 Å². The summed E-state index contributed by atoms with van der Waals surface area (Å²) in [6.07, 6.45) is -0.426. The summed E-state index contributed by atoms with van der Waals surface area (Å²) < 4.78 is 45.2. The van der Waals surface area contributed by atoms with Gasteiger partial charge in [0.2, 0.25) is 0 Å². The van der Waals surface area contributed by atoms with Gasteiger partial charge in [-0.25, -0.2) is 17.6 Å². The van der Waals surface area contributed by atoms with Crippen molar-refractivity contribution < 1.29 is 22.3 Å². The molecule has 0 atom stereocenters. The number of rotatable bonds is 4. The van der Waals surface area contributed by atoms with Gasteiger partial charge in [-0.2, -0.15) is 0 Å². The normalized spacial score (nSPS) is 14.6. The number of hydrogen-bond donors (Lipinski definition) is 1. The van der Waals surface area contributed by atoms with Crippen LogP contribution in [0.5, 0.6) is 0 Å². The Kier molecular flexibility index (Phi) is 4.15. The predicted octanol–water partition coefficient (Wildman–Crippen LogP) is 2.89. The highest BCUT2D eigenvalue weighted by Crippen LogP contribution is 2.24. The molecule has 1 aliphatic rings. The fourth-order valence-electron chi connectivity index (χ4n) is 2.46. The number of carbonyl (C=O) groups excluding carboxylic acids is 1. The molecule has 3 rings (SSSR count). The Morgan fingerprint density at radius 1 is 1.17 bits per heavy atom. The van der Waals surface area contributed by atoms with Crippen LogP contribution in [0.15, 0.2) is 47.4 Å². The molecule has 1 fully saturated rings. The standard InChI is InChI=1S/C16H15FN2O4S/c1-11-10-12(17)2-7-15(11)24(21,22)18-13-3-5-14(6-4-13)19-8-9-23-16(19)20/h2-7,10,18H,8-9H2,1H3. The highest BCUT2D eigenvalue weighted by molar-refractivity contribution is 7.92. The third kappa shape index (κ3) is 3.18. The van der Waals surface area contributed by atoms with Crippen molar-refractivity contribution in [2.45, 2.75) is 11.8 Å². The molecular formula is C16H15FN2O4S. The Bertz CT molecular complexity index is 881. The second-order valence-electron chi connectivity index (χ2n) is 5.33. The summed E-state index contributed by atoms with van der Waals surface area (Å²) in [5.74, 6) is -0.492. The van der Waals surface area contributed by atoms with E-state index in [0.29, 0.717) is 30.1 Å². The number of amides is 1. The minimum Gasteiger partial charge on any atom is -0.447 e. The Balaban J connectivity index is 1.81. The summed E-state index contributed by atoms with van der Waals surface area (Å²) in [5.41, 5.74) is 1.28. The van der Waals surface area contributed by atoms with Crippen molar-refractivity contribution >= 4 is 27.5 Å². The van der Waals surface area contributed by atoms with Crippen LogP contribution in [0, 0.1) is 12.7 Å². The van der Waals surface area contributed by atoms with Crippen LogP contribution >= 0.6 is 0 Å². The van der Waals surface area contributed by atoms with Crippen LogP contribution in [-0.2, 0) is 14.8 Å². The molecule has 1 heterocycles. The second-order valence-corrected chi connectivity index (χ2v) is 6.98. The lowest BCUT2D eigenvalue weighted by Gasteiger charge is -2.14. The van der Waals surface area contributed by atoms with Crippen molar-refractivity contribution in [2.75, 3.05) is 22.8 Å². The van der Waals surface area contributed by atoms with Gasteiger partial charge >= 0.3 is 6.09 Å². The van der Waals surface area contributed by atoms with Gasteiger partial charge in [0.25, 0.3) is 10.0 Å². The number of nitrogens with one attached hydrogen (secondary N) is 1. The topological polar surface area (TPSA) is 75.7 Å². The third-order valence-electron chi connectivity index (χ3n) is 3.62. The van der Waals surface area contributed by atoms with E-state index in [-0.39, 0.29) is 4.90 Å². The fourth-order valence-corrected chi connectivity index (χ4v) is 3.75. The first-order valence-corrected chi connectivity index (χ1v) is 8.68. The Labute approximate surface area is 138 Å². The van der Waals surface area contributed by atoms with E-state index >= 15 is 0 Å². The minimum absolute atomic E-state index is 0.0103. The maximum atomic E-state index is 13.1. The number of ether oxygens (including phenoxy) is 1. The number of aryl methyl sites for hydroxylation is 1. The predicted molar refractivity (Wildman–Crippen MR) is 87.1 cm³/mol. The molecule has 0 spiro atoms. The zero-order valence-corrected chi connectivity index (χ0v) is 13.6. The van der Waals surface area contributed by atoms with Crippen molar-refractivity contribution in [2.24, 2.45) is 0 Å². The van der Waals surface area contributed by atoms with Crippen LogP contribution in [0.25, 0.3) is 0 Å². The average Bonchev–Trinajstić information content (AvgIpc) is 2.93. The van der Waals surface area contributed by atoms with Gasteiger partial charge in [-0.1, -0.05) is 0 Å². The molecule has 1 saturated heterocycles. The first-order valence-electron chi connectivity index (χ1n) is 7.20. The molecule has 1 N–H and O–H groups in total. The molecule has 0 unspecified atom stereocenters. The highest BCUT2D eigenvalue weighted by atomic mass is 32.2. The monoisotopic (exact) mass is 350 g/mol. The quantitative estimate of drug-likeness (QED) is 0.920. The lowest BCUT2D eigenvalue weighted by atomic mass is 10.2. The number of sulfonamides is 1. The molecule has 2 aromatic carbocycles. The molecule has 8 heteroatoms. The van der Waals surface area contributed by atoms with Crippen LogP contribution < -0.4 is 9.62 Å². The largest absolute Gasteiger partial charge is 0.447 e. The highest BCUT2D eigenvalue weighted by Gasteiger charge is 2.23. The number of cyclic esters (lactones) is 1. The van der Waals surface area contributed by atoms with Gasteiger partial charge in [-0.15, -0.1) is 0 Å². The number of halogens is 1. The summed E-state index contributed by atoms with van der Waals surface area (Å²) in [4.78, 5) is 13.0. The summed E-state index contributed by atoms with van der Waals surface area (Å²) in [5, 5.41) is 0. The Hall–Kier alpha value is -2.61. The van der Waals surface area contributed by atoms with Crippen molar-refractivity contribution in [1.29, 1.82) is 0 Å². The van der Waals surface area contributed by atoms with Gasteiger partial charge in [0.05, 0.1) is 11.4 Å². The summed E-state index contributed by atoms with van der Waals surface area (Å²) in [6.45, 7) is 2.31. The number of anilines is 2. The van der Waals surface area contributed by atoms with E-state index in [0.717, 1.165) is 12.1 Å². The first-order chi connectivity index (χ1) is 11.4. The smallest absolute Gasteiger partial charge is 0.414 e. The summed E-state index contributed by atoms with van der Waals surface area (Å²) in [6, 6.07) is 9.85. The zero-order valence-electron chi connectivity index (χ0n) is 12.8. The van der Waals surface area contributed by atoms with Crippen LogP contribution in [0.3, 0.4) is 0 Å². The van der Waals surface area contributed by atoms with E-state index < -0.39 is 21.9 Å². The van der Waals surface area contributed by atoms with Crippen LogP contribution in [-0.4, -0.2) is 27.7 Å². The van der Waals surface area contributed by atoms with E-state index in [9.17, 15) is 17.6 Å². The van der Waals surface area contributed by atoms with Gasteiger partial charge < -0.3 is 4.74 Å². The van der Waals surface area contributed by atoms with Gasteiger partial charge in [-0.05, 0) is 55.0 Å². The Morgan fingerprint density at radius 3 is 2.46 bits per heavy atom. The van der Waals surface area contributed by atoms with Crippen molar-refractivity contribution in [3.05, 3.63) is 53.8 Å². The number of benzene rings is 2. The molecule has 0 aliphatic carbocycles. The molecule has 0 bridgehead atoms. The number of nitrogens with zero attached hydrogens (tertiary/aromatic N) is 1. The number of hydrogen-bond acceptors (Lipinski definition) is 4. The summed E-state index contributed by atoms with van der Waals surface area (Å²) >= 11 is 0. The lowest BCUT2D eigenvalue weighted by Crippen LogP contribution is -2.23. The molecular weight excluding hydrogens is 335 g/mol. The van der Waals surface area contributed by atoms with E-state index in [2.05, 4.69) is 4.72 Å². The van der Waals surface area contributed by atoms with Crippen LogP contribution in [0.4, 0.5) is 20.6 Å². The van der Waals surface area contributed by atoms with Crippen molar-refractivity contribution in [3.8, 4) is 0 Å². The molecule has 1 aliphatic heterocycles. The third-order valence-corrected chi connectivity index (χ3v) is 5.16. The fraction of sp³-hybridized carbons (Fsp3) is 0.188. The van der Waals surface area contributed by atoms with Crippen molar-refractivity contribution in [1.82, 2.24) is 0 Å². The molecule has 2 aromatic rings. The molecule has 126 valence electrons. The summed E-state index contributed by atoms with van der Waals surface area (Å²) in [7, 11) is -3.83. The molecule has 0 aromatic heterocycles. The molecule has 0 saturated carbocycles. The van der Waals surface area contributed by atoms with Crippen molar-refractivity contribution in [3.63, 3.8) is 0 Å². The minimum atomic E-state index is -3.83. The van der Waals surface area contributed by atoms with Gasteiger partial charge in [0.1, 0.15) is 12.4 Å². The molecule has 24 heavy (non-hydrogen) atoms. The molecule has 6 nitrogen and oxygen atoms in total. The van der Waals surface area contributed by atoms with Crippen LogP contribution in [0.1, 0.15) is 5.56 Å². The van der Waals surface area contributed by atoms with Gasteiger partial charge in [-0.3, -0.25) is 9.62 Å². The zero-order chi connectivity index (χ0) is 17.3. The Morgan fingerprint density at radius 2 is 1.88 bits per heavy atom. The van der Waals surface area contributed by atoms with E-state index in [1.807, 2.05) is 0 Å². The van der Waals surface area contributed by atoms with Gasteiger partial charge in [0, 0.05) is 11.4 Å². The molecule has 1 amide bonds. The van der Waals surface area contributed by atoms with E-state index in [1.165, 1.54) is 17.9 Å². The maximum absolute atomic E-state index is 13.1. The van der Waals surface area contributed by atoms with E-state index in [1.54, 1.807) is 24.3 Å². The average molecular weight is 350 g/mol. The maximum Gasteiger partial charge on any atom is 0.414 e. The lowest BCUT2D eigenvalue weighted by molar-refractivity contribution is 0.181. The second kappa shape index (κ2) is 6.12.